The molecular weight excluding hydrogens is 276 g/mol. The molecular formula is C18H28N2O2. The SMILES string of the molecule is CCN(CC)[C@H](c1ccco1)[C@@H](c1ccco1)N(CC)CC. The fraction of sp³-hybridized carbons (Fsp3) is 0.556. The minimum atomic E-state index is 0.149. The summed E-state index contributed by atoms with van der Waals surface area (Å²) in [4.78, 5) is 4.87. The molecule has 0 N–H and O–H groups in total. The Labute approximate surface area is 133 Å². The molecule has 0 saturated heterocycles. The quantitative estimate of drug-likeness (QED) is 0.690. The summed E-state index contributed by atoms with van der Waals surface area (Å²) in [7, 11) is 0. The van der Waals surface area contributed by atoms with Crippen LogP contribution in [-0.4, -0.2) is 36.0 Å². The topological polar surface area (TPSA) is 32.8 Å². The predicted octanol–water partition coefficient (Wildman–Crippen LogP) is 4.34. The monoisotopic (exact) mass is 304 g/mol. The average molecular weight is 304 g/mol. The Morgan fingerprint density at radius 2 is 1.09 bits per heavy atom. The maximum atomic E-state index is 5.79. The Balaban J connectivity index is 2.47. The Morgan fingerprint density at radius 1 is 0.727 bits per heavy atom. The summed E-state index contributed by atoms with van der Waals surface area (Å²) in [6.45, 7) is 12.7. The summed E-state index contributed by atoms with van der Waals surface area (Å²) in [5, 5.41) is 0. The van der Waals surface area contributed by atoms with Gasteiger partial charge in [-0.2, -0.15) is 0 Å². The molecule has 0 saturated carbocycles. The van der Waals surface area contributed by atoms with Crippen molar-refractivity contribution in [3.63, 3.8) is 0 Å². The molecule has 0 amide bonds. The molecule has 4 nitrogen and oxygen atoms in total. The minimum absolute atomic E-state index is 0.149. The van der Waals surface area contributed by atoms with Crippen LogP contribution in [0.3, 0.4) is 0 Å². The van der Waals surface area contributed by atoms with Crippen molar-refractivity contribution in [2.24, 2.45) is 0 Å². The van der Waals surface area contributed by atoms with Crippen LogP contribution in [-0.2, 0) is 0 Å². The number of hydrogen-bond donors (Lipinski definition) is 0. The molecule has 0 aromatic carbocycles. The largest absolute Gasteiger partial charge is 0.468 e. The number of nitrogens with zero attached hydrogens (tertiary/aromatic N) is 2. The highest BCUT2D eigenvalue weighted by atomic mass is 16.3. The van der Waals surface area contributed by atoms with Gasteiger partial charge in [0, 0.05) is 0 Å². The first-order valence-corrected chi connectivity index (χ1v) is 8.31. The summed E-state index contributed by atoms with van der Waals surface area (Å²) < 4.78 is 11.6. The van der Waals surface area contributed by atoms with E-state index in [9.17, 15) is 0 Å². The highest BCUT2D eigenvalue weighted by molar-refractivity contribution is 5.16. The van der Waals surface area contributed by atoms with Gasteiger partial charge >= 0.3 is 0 Å². The first kappa shape index (κ1) is 16.8. The zero-order valence-corrected chi connectivity index (χ0v) is 14.2. The van der Waals surface area contributed by atoms with Gasteiger partial charge in [-0.05, 0) is 50.4 Å². The van der Waals surface area contributed by atoms with Crippen LogP contribution in [0, 0.1) is 0 Å². The third kappa shape index (κ3) is 3.45. The molecule has 2 heterocycles. The molecule has 0 aliphatic heterocycles. The first-order chi connectivity index (χ1) is 10.8. The van der Waals surface area contributed by atoms with Crippen LogP contribution < -0.4 is 0 Å². The van der Waals surface area contributed by atoms with Gasteiger partial charge in [0.1, 0.15) is 11.5 Å². The molecule has 0 unspecified atom stereocenters. The van der Waals surface area contributed by atoms with Crippen molar-refractivity contribution < 1.29 is 8.83 Å². The van der Waals surface area contributed by atoms with E-state index in [4.69, 9.17) is 8.83 Å². The predicted molar refractivity (Wildman–Crippen MR) is 88.7 cm³/mol. The van der Waals surface area contributed by atoms with Crippen molar-refractivity contribution in [3.05, 3.63) is 48.3 Å². The molecule has 0 spiro atoms. The Hall–Kier alpha value is -1.52. The smallest absolute Gasteiger partial charge is 0.122 e. The molecule has 0 radical (unpaired) electrons. The number of likely N-dealkylation sites (N-methyl/N-ethyl adjacent to an activating group) is 2. The summed E-state index contributed by atoms with van der Waals surface area (Å²) in [6, 6.07) is 8.37. The molecule has 122 valence electrons. The van der Waals surface area contributed by atoms with E-state index in [1.807, 2.05) is 12.1 Å². The van der Waals surface area contributed by atoms with Crippen LogP contribution >= 0.6 is 0 Å². The first-order valence-electron chi connectivity index (χ1n) is 8.31. The van der Waals surface area contributed by atoms with Crippen LogP contribution in [0.15, 0.2) is 45.6 Å². The van der Waals surface area contributed by atoms with Crippen molar-refractivity contribution in [1.29, 1.82) is 0 Å². The van der Waals surface area contributed by atoms with E-state index < -0.39 is 0 Å². The van der Waals surface area contributed by atoms with Gasteiger partial charge in [-0.25, -0.2) is 0 Å². The molecule has 2 aromatic heterocycles. The second-order valence-electron chi connectivity index (χ2n) is 5.36. The van der Waals surface area contributed by atoms with Gasteiger partial charge in [0.05, 0.1) is 24.6 Å². The third-order valence-electron chi connectivity index (χ3n) is 4.38. The number of rotatable bonds is 9. The molecule has 22 heavy (non-hydrogen) atoms. The molecule has 0 aliphatic carbocycles. The zero-order chi connectivity index (χ0) is 15.9. The minimum Gasteiger partial charge on any atom is -0.468 e. The van der Waals surface area contributed by atoms with E-state index in [-0.39, 0.29) is 12.1 Å². The van der Waals surface area contributed by atoms with Crippen molar-refractivity contribution in [2.45, 2.75) is 39.8 Å². The molecule has 2 rings (SSSR count). The molecule has 0 bridgehead atoms. The van der Waals surface area contributed by atoms with Gasteiger partial charge < -0.3 is 8.83 Å². The van der Waals surface area contributed by atoms with Gasteiger partial charge in [0.15, 0.2) is 0 Å². The van der Waals surface area contributed by atoms with Gasteiger partial charge in [-0.3, -0.25) is 9.80 Å². The maximum absolute atomic E-state index is 5.79. The second kappa shape index (κ2) is 8.20. The fourth-order valence-electron chi connectivity index (χ4n) is 3.22. The summed E-state index contributed by atoms with van der Waals surface area (Å²) >= 11 is 0. The normalized spacial score (nSPS) is 14.6. The van der Waals surface area contributed by atoms with E-state index in [2.05, 4.69) is 49.6 Å². The Morgan fingerprint density at radius 3 is 1.32 bits per heavy atom. The Kier molecular flexibility index (Phi) is 6.28. The van der Waals surface area contributed by atoms with Gasteiger partial charge in [0.2, 0.25) is 0 Å². The molecule has 4 heteroatoms. The molecule has 0 aliphatic rings. The van der Waals surface area contributed by atoms with E-state index >= 15 is 0 Å². The van der Waals surface area contributed by atoms with E-state index in [0.717, 1.165) is 37.7 Å². The van der Waals surface area contributed by atoms with Crippen LogP contribution in [0.1, 0.15) is 51.3 Å². The van der Waals surface area contributed by atoms with Crippen molar-refractivity contribution in [2.75, 3.05) is 26.2 Å². The highest BCUT2D eigenvalue weighted by Crippen LogP contribution is 2.38. The number of furan rings is 2. The van der Waals surface area contributed by atoms with Crippen LogP contribution in [0.5, 0.6) is 0 Å². The third-order valence-corrected chi connectivity index (χ3v) is 4.38. The number of hydrogen-bond acceptors (Lipinski definition) is 4. The summed E-state index contributed by atoms with van der Waals surface area (Å²) in [6.07, 6.45) is 3.51. The lowest BCUT2D eigenvalue weighted by Crippen LogP contribution is -2.40. The lowest BCUT2D eigenvalue weighted by atomic mass is 9.99. The lowest BCUT2D eigenvalue weighted by Gasteiger charge is -2.39. The zero-order valence-electron chi connectivity index (χ0n) is 14.2. The molecule has 2 aromatic rings. The van der Waals surface area contributed by atoms with Gasteiger partial charge in [0.25, 0.3) is 0 Å². The van der Waals surface area contributed by atoms with E-state index in [1.54, 1.807) is 12.5 Å². The molecule has 0 fully saturated rings. The van der Waals surface area contributed by atoms with Crippen LogP contribution in [0.4, 0.5) is 0 Å². The van der Waals surface area contributed by atoms with Crippen LogP contribution in [0.2, 0.25) is 0 Å². The van der Waals surface area contributed by atoms with Crippen molar-refractivity contribution in [1.82, 2.24) is 9.80 Å². The fourth-order valence-corrected chi connectivity index (χ4v) is 3.22. The molecule has 2 atom stereocenters. The van der Waals surface area contributed by atoms with E-state index in [0.29, 0.717) is 0 Å². The van der Waals surface area contributed by atoms with Gasteiger partial charge in [-0.15, -0.1) is 0 Å². The maximum Gasteiger partial charge on any atom is 0.122 e. The second-order valence-corrected chi connectivity index (χ2v) is 5.36. The Bertz CT molecular complexity index is 451. The standard InChI is InChI=1S/C18H28N2O2/c1-5-19(6-2)17(15-11-9-13-21-15)18(20(7-3)8-4)16-12-10-14-22-16/h9-14,17-18H,5-8H2,1-4H3/t17-,18-/m1/s1. The highest BCUT2D eigenvalue weighted by Gasteiger charge is 2.35. The lowest BCUT2D eigenvalue weighted by molar-refractivity contribution is 0.0624. The average Bonchev–Trinajstić information content (AvgIpc) is 3.24. The van der Waals surface area contributed by atoms with E-state index in [1.165, 1.54) is 0 Å². The van der Waals surface area contributed by atoms with Crippen molar-refractivity contribution >= 4 is 0 Å². The van der Waals surface area contributed by atoms with Crippen molar-refractivity contribution in [3.8, 4) is 0 Å². The van der Waals surface area contributed by atoms with Gasteiger partial charge in [-0.1, -0.05) is 27.7 Å². The summed E-state index contributed by atoms with van der Waals surface area (Å²) in [5.74, 6) is 1.99. The van der Waals surface area contributed by atoms with Crippen LogP contribution in [0.25, 0.3) is 0 Å². The summed E-state index contributed by atoms with van der Waals surface area (Å²) in [5.41, 5.74) is 0.